The second-order valence-corrected chi connectivity index (χ2v) is 6.38. The van der Waals surface area contributed by atoms with E-state index in [1.54, 1.807) is 0 Å². The molecular weight excluding hydrogens is 196 g/mol. The molecule has 0 radical (unpaired) electrons. The Morgan fingerprint density at radius 1 is 1.33 bits per heavy atom. The second-order valence-electron chi connectivity index (χ2n) is 3.43. The minimum atomic E-state index is -2.79. The summed E-state index contributed by atoms with van der Waals surface area (Å²) in [7, 11) is -2.79. The highest BCUT2D eigenvalue weighted by molar-refractivity contribution is 7.90. The van der Waals surface area contributed by atoms with E-state index in [9.17, 15) is 8.42 Å². The van der Waals surface area contributed by atoms with Gasteiger partial charge < -0.3 is 0 Å². The molecule has 0 aromatic heterocycles. The van der Waals surface area contributed by atoms with Crippen LogP contribution in [0.2, 0.25) is 0 Å². The van der Waals surface area contributed by atoms with Crippen LogP contribution in [0.3, 0.4) is 0 Å². The summed E-state index contributed by atoms with van der Waals surface area (Å²) >= 11 is 5.83. The summed E-state index contributed by atoms with van der Waals surface area (Å²) < 4.78 is 21.5. The standard InChI is InChI=1S/C8H17ClO2S/c1-7(8(2)9)5-4-6-12(3,10)11/h7-8H,4-6H2,1-3H3. The molecule has 0 aromatic rings. The van der Waals surface area contributed by atoms with E-state index in [1.165, 1.54) is 6.26 Å². The molecule has 0 aromatic carbocycles. The van der Waals surface area contributed by atoms with Crippen molar-refractivity contribution in [2.75, 3.05) is 12.0 Å². The quantitative estimate of drug-likeness (QED) is 0.654. The van der Waals surface area contributed by atoms with Crippen molar-refractivity contribution in [2.24, 2.45) is 5.92 Å². The highest BCUT2D eigenvalue weighted by atomic mass is 35.5. The van der Waals surface area contributed by atoms with E-state index in [1.807, 2.05) is 13.8 Å². The molecule has 2 nitrogen and oxygen atoms in total. The molecule has 0 aliphatic heterocycles. The van der Waals surface area contributed by atoms with E-state index < -0.39 is 9.84 Å². The monoisotopic (exact) mass is 212 g/mol. The van der Waals surface area contributed by atoms with Crippen molar-refractivity contribution in [2.45, 2.75) is 32.1 Å². The Hall–Kier alpha value is 0.240. The second kappa shape index (κ2) is 5.07. The molecule has 0 saturated heterocycles. The fourth-order valence-electron chi connectivity index (χ4n) is 0.897. The van der Waals surface area contributed by atoms with Crippen molar-refractivity contribution < 1.29 is 8.42 Å². The molecular formula is C8H17ClO2S. The third-order valence-corrected chi connectivity index (χ3v) is 3.42. The van der Waals surface area contributed by atoms with Crippen LogP contribution in [0.15, 0.2) is 0 Å². The lowest BCUT2D eigenvalue weighted by atomic mass is 10.0. The van der Waals surface area contributed by atoms with Crippen molar-refractivity contribution in [1.82, 2.24) is 0 Å². The number of hydrogen-bond acceptors (Lipinski definition) is 2. The van der Waals surface area contributed by atoms with E-state index in [4.69, 9.17) is 11.6 Å². The zero-order valence-corrected chi connectivity index (χ0v) is 9.45. The van der Waals surface area contributed by atoms with Crippen LogP contribution in [0.1, 0.15) is 26.7 Å². The molecule has 2 unspecified atom stereocenters. The lowest BCUT2D eigenvalue weighted by Gasteiger charge is -2.12. The fourth-order valence-corrected chi connectivity index (χ4v) is 1.71. The first-order valence-electron chi connectivity index (χ1n) is 4.14. The minimum Gasteiger partial charge on any atom is -0.229 e. The first kappa shape index (κ1) is 12.2. The van der Waals surface area contributed by atoms with Crippen LogP contribution in [-0.4, -0.2) is 25.8 Å². The summed E-state index contributed by atoms with van der Waals surface area (Å²) in [5.41, 5.74) is 0. The molecule has 0 saturated carbocycles. The zero-order valence-electron chi connectivity index (χ0n) is 7.88. The lowest BCUT2D eigenvalue weighted by molar-refractivity contribution is 0.512. The van der Waals surface area contributed by atoms with Gasteiger partial charge in [-0.15, -0.1) is 11.6 Å². The summed E-state index contributed by atoms with van der Waals surface area (Å²) in [6.07, 6.45) is 2.87. The van der Waals surface area contributed by atoms with E-state index in [0.717, 1.165) is 12.8 Å². The van der Waals surface area contributed by atoms with Gasteiger partial charge in [0.05, 0.1) is 0 Å². The Morgan fingerprint density at radius 3 is 2.17 bits per heavy atom. The van der Waals surface area contributed by atoms with Gasteiger partial charge >= 0.3 is 0 Å². The van der Waals surface area contributed by atoms with E-state index in [0.29, 0.717) is 5.92 Å². The van der Waals surface area contributed by atoms with Crippen LogP contribution in [0.25, 0.3) is 0 Å². The molecule has 0 amide bonds. The zero-order chi connectivity index (χ0) is 9.78. The summed E-state index contributed by atoms with van der Waals surface area (Å²) in [6, 6.07) is 0. The largest absolute Gasteiger partial charge is 0.229 e. The van der Waals surface area contributed by atoms with Crippen molar-refractivity contribution in [1.29, 1.82) is 0 Å². The average molecular weight is 213 g/mol. The van der Waals surface area contributed by atoms with Gasteiger partial charge in [0.15, 0.2) is 0 Å². The Balaban J connectivity index is 3.58. The Kier molecular flexibility index (Phi) is 5.18. The van der Waals surface area contributed by atoms with Gasteiger partial charge in [0.2, 0.25) is 0 Å². The third kappa shape index (κ3) is 6.92. The highest BCUT2D eigenvalue weighted by Crippen LogP contribution is 2.15. The Morgan fingerprint density at radius 2 is 1.83 bits per heavy atom. The van der Waals surface area contributed by atoms with Crippen molar-refractivity contribution >= 4 is 21.4 Å². The smallest absolute Gasteiger partial charge is 0.147 e. The Labute approximate surface area is 80.2 Å². The molecule has 74 valence electrons. The van der Waals surface area contributed by atoms with Gasteiger partial charge in [-0.3, -0.25) is 0 Å². The Bertz CT molecular complexity index is 209. The topological polar surface area (TPSA) is 34.1 Å². The van der Waals surface area contributed by atoms with E-state index in [2.05, 4.69) is 0 Å². The third-order valence-electron chi connectivity index (χ3n) is 1.96. The van der Waals surface area contributed by atoms with Gasteiger partial charge in [0, 0.05) is 17.4 Å². The van der Waals surface area contributed by atoms with E-state index in [-0.39, 0.29) is 11.1 Å². The van der Waals surface area contributed by atoms with Gasteiger partial charge in [-0.25, -0.2) is 8.42 Å². The van der Waals surface area contributed by atoms with Gasteiger partial charge in [0.25, 0.3) is 0 Å². The van der Waals surface area contributed by atoms with Crippen LogP contribution < -0.4 is 0 Å². The van der Waals surface area contributed by atoms with Crippen molar-refractivity contribution in [3.05, 3.63) is 0 Å². The van der Waals surface area contributed by atoms with Gasteiger partial charge in [-0.2, -0.15) is 0 Å². The predicted molar refractivity (Wildman–Crippen MR) is 53.4 cm³/mol. The van der Waals surface area contributed by atoms with Crippen LogP contribution in [-0.2, 0) is 9.84 Å². The molecule has 0 bridgehead atoms. The number of rotatable bonds is 5. The molecule has 2 atom stereocenters. The highest BCUT2D eigenvalue weighted by Gasteiger charge is 2.10. The molecule has 4 heteroatoms. The SMILES string of the molecule is CC(Cl)C(C)CCCS(C)(=O)=O. The molecule has 0 spiro atoms. The summed E-state index contributed by atoms with van der Waals surface area (Å²) in [5.74, 6) is 0.675. The number of alkyl halides is 1. The van der Waals surface area contributed by atoms with Gasteiger partial charge in [0.1, 0.15) is 9.84 Å². The van der Waals surface area contributed by atoms with E-state index >= 15 is 0 Å². The van der Waals surface area contributed by atoms with Gasteiger partial charge in [-0.1, -0.05) is 6.92 Å². The normalized spacial score (nSPS) is 17.3. The molecule has 0 aliphatic rings. The predicted octanol–water partition coefficient (Wildman–Crippen LogP) is 2.07. The minimum absolute atomic E-state index is 0.129. The average Bonchev–Trinajstić information content (AvgIpc) is 1.84. The number of halogens is 1. The molecule has 0 aliphatic carbocycles. The number of sulfone groups is 1. The molecule has 0 N–H and O–H groups in total. The van der Waals surface area contributed by atoms with Crippen LogP contribution in [0.4, 0.5) is 0 Å². The van der Waals surface area contributed by atoms with Crippen LogP contribution in [0.5, 0.6) is 0 Å². The van der Waals surface area contributed by atoms with Crippen LogP contribution >= 0.6 is 11.6 Å². The first-order chi connectivity index (χ1) is 5.33. The number of hydrogen-bond donors (Lipinski definition) is 0. The summed E-state index contributed by atoms with van der Waals surface area (Å²) in [6.45, 7) is 3.98. The lowest BCUT2D eigenvalue weighted by Crippen LogP contribution is -2.10. The molecule has 0 heterocycles. The van der Waals surface area contributed by atoms with Crippen molar-refractivity contribution in [3.8, 4) is 0 Å². The molecule has 0 rings (SSSR count). The van der Waals surface area contributed by atoms with Crippen molar-refractivity contribution in [3.63, 3.8) is 0 Å². The molecule has 12 heavy (non-hydrogen) atoms. The first-order valence-corrected chi connectivity index (χ1v) is 6.64. The maximum absolute atomic E-state index is 10.7. The maximum Gasteiger partial charge on any atom is 0.147 e. The van der Waals surface area contributed by atoms with Crippen LogP contribution in [0, 0.1) is 5.92 Å². The fraction of sp³-hybridized carbons (Fsp3) is 1.00. The summed E-state index contributed by atoms with van der Waals surface area (Å²) in [4.78, 5) is 0. The maximum atomic E-state index is 10.7. The van der Waals surface area contributed by atoms with Gasteiger partial charge in [-0.05, 0) is 25.7 Å². The summed E-state index contributed by atoms with van der Waals surface area (Å²) in [5, 5.41) is 0.129. The molecule has 0 fully saturated rings.